The quantitative estimate of drug-likeness (QED) is 0.202. The van der Waals surface area contributed by atoms with Crippen LogP contribution in [-0.4, -0.2) is 77.6 Å². The zero-order valence-electron chi connectivity index (χ0n) is 15.3. The number of hydrogen-bond donors (Lipinski definition) is 4. The highest BCUT2D eigenvalue weighted by Crippen LogP contribution is 2.17. The van der Waals surface area contributed by atoms with Crippen LogP contribution in [0.15, 0.2) is 12.2 Å². The Morgan fingerprint density at radius 2 is 1.88 bits per heavy atom. The van der Waals surface area contributed by atoms with Gasteiger partial charge in [0.05, 0.1) is 12.2 Å². The molecule has 1 aliphatic rings. The Morgan fingerprint density at radius 3 is 2.42 bits per heavy atom. The molecule has 0 aliphatic carbocycles. The molecule has 1 rings (SSSR count). The maximum atomic E-state index is 11.4. The average Bonchev–Trinajstić information content (AvgIpc) is 2.94. The van der Waals surface area contributed by atoms with Crippen LogP contribution in [0.3, 0.4) is 0 Å². The molecular formula is C17H29N3O5S. The van der Waals surface area contributed by atoms with E-state index in [2.05, 4.69) is 10.6 Å². The van der Waals surface area contributed by atoms with Gasteiger partial charge in [0.25, 0.3) is 11.8 Å². The Labute approximate surface area is 159 Å². The number of thiocarbonyl (C=S) groups is 1. The van der Waals surface area contributed by atoms with Crippen LogP contribution in [0.4, 0.5) is 0 Å². The molecule has 0 aromatic rings. The lowest BCUT2D eigenvalue weighted by molar-refractivity contribution is -0.136. The van der Waals surface area contributed by atoms with Gasteiger partial charge < -0.3 is 25.6 Å². The highest BCUT2D eigenvalue weighted by molar-refractivity contribution is 7.80. The number of hydrogen-bond acceptors (Lipinski definition) is 6. The Bertz CT molecular complexity index is 493. The molecule has 0 bridgehead atoms. The van der Waals surface area contributed by atoms with Crippen molar-refractivity contribution in [1.82, 2.24) is 15.5 Å². The van der Waals surface area contributed by atoms with Gasteiger partial charge >= 0.3 is 0 Å². The Morgan fingerprint density at radius 1 is 1.27 bits per heavy atom. The smallest absolute Gasteiger partial charge is 0.253 e. The number of ether oxygens (including phenoxy) is 1. The summed E-state index contributed by atoms with van der Waals surface area (Å²) in [5.74, 6) is -0.817. The van der Waals surface area contributed by atoms with Gasteiger partial charge in [0, 0.05) is 51.4 Å². The SMILES string of the molecule is CCC(CO)C(O)C(CCCNC(=S)NCCN1C(=O)C=CC1=O)OC. The second-order valence-electron chi connectivity index (χ2n) is 6.10. The van der Waals surface area contributed by atoms with Crippen molar-refractivity contribution in [3.63, 3.8) is 0 Å². The van der Waals surface area contributed by atoms with E-state index in [1.165, 1.54) is 12.2 Å². The number of nitrogens with zero attached hydrogens (tertiary/aromatic N) is 1. The number of imide groups is 1. The van der Waals surface area contributed by atoms with E-state index in [4.69, 9.17) is 17.0 Å². The van der Waals surface area contributed by atoms with Crippen LogP contribution in [0.25, 0.3) is 0 Å². The van der Waals surface area contributed by atoms with Crippen LogP contribution in [0.1, 0.15) is 26.2 Å². The number of rotatable bonds is 12. The van der Waals surface area contributed by atoms with E-state index in [1.807, 2.05) is 6.92 Å². The second-order valence-corrected chi connectivity index (χ2v) is 6.51. The van der Waals surface area contributed by atoms with Gasteiger partial charge in [0.1, 0.15) is 0 Å². The summed E-state index contributed by atoms with van der Waals surface area (Å²) >= 11 is 5.15. The van der Waals surface area contributed by atoms with Gasteiger partial charge in [0.15, 0.2) is 5.11 Å². The molecule has 0 saturated heterocycles. The van der Waals surface area contributed by atoms with Gasteiger partial charge in [-0.25, -0.2) is 0 Å². The second kappa shape index (κ2) is 11.9. The van der Waals surface area contributed by atoms with Gasteiger partial charge in [-0.15, -0.1) is 0 Å². The van der Waals surface area contributed by atoms with E-state index in [0.29, 0.717) is 31.0 Å². The lowest BCUT2D eigenvalue weighted by Crippen LogP contribution is -2.42. The number of nitrogens with one attached hydrogen (secondary N) is 2. The van der Waals surface area contributed by atoms with Crippen molar-refractivity contribution in [2.75, 3.05) is 33.4 Å². The first kappa shape index (κ1) is 22.5. The number of aliphatic hydroxyl groups excluding tert-OH is 2. The summed E-state index contributed by atoms with van der Waals surface area (Å²) in [7, 11) is 1.55. The lowest BCUT2D eigenvalue weighted by atomic mass is 9.93. The van der Waals surface area contributed by atoms with Gasteiger partial charge in [-0.3, -0.25) is 14.5 Å². The molecule has 2 amide bonds. The van der Waals surface area contributed by atoms with E-state index in [1.54, 1.807) is 7.11 Å². The Hall–Kier alpha value is -1.55. The number of amides is 2. The van der Waals surface area contributed by atoms with Gasteiger partial charge in [-0.05, 0) is 31.5 Å². The molecule has 0 saturated carbocycles. The zero-order chi connectivity index (χ0) is 19.5. The van der Waals surface area contributed by atoms with E-state index in [9.17, 15) is 19.8 Å². The van der Waals surface area contributed by atoms with Crippen LogP contribution < -0.4 is 10.6 Å². The van der Waals surface area contributed by atoms with Gasteiger partial charge in [0.2, 0.25) is 0 Å². The normalized spacial score (nSPS) is 17.3. The molecule has 4 N–H and O–H groups in total. The molecule has 3 unspecified atom stereocenters. The van der Waals surface area contributed by atoms with Crippen LogP contribution in [0.5, 0.6) is 0 Å². The van der Waals surface area contributed by atoms with Crippen molar-refractivity contribution >= 4 is 29.1 Å². The van der Waals surface area contributed by atoms with Crippen LogP contribution in [-0.2, 0) is 14.3 Å². The fourth-order valence-corrected chi connectivity index (χ4v) is 2.91. The van der Waals surface area contributed by atoms with E-state index >= 15 is 0 Å². The molecule has 0 aromatic carbocycles. The molecule has 148 valence electrons. The molecule has 0 spiro atoms. The monoisotopic (exact) mass is 387 g/mol. The molecule has 8 nitrogen and oxygen atoms in total. The fraction of sp³-hybridized carbons (Fsp3) is 0.706. The van der Waals surface area contributed by atoms with Crippen LogP contribution in [0.2, 0.25) is 0 Å². The summed E-state index contributed by atoms with van der Waals surface area (Å²) in [4.78, 5) is 24.0. The Balaban J connectivity index is 2.18. The third kappa shape index (κ3) is 6.99. The summed E-state index contributed by atoms with van der Waals surface area (Å²) in [5, 5.41) is 25.9. The highest BCUT2D eigenvalue weighted by atomic mass is 32.1. The highest BCUT2D eigenvalue weighted by Gasteiger charge is 2.26. The molecule has 9 heteroatoms. The maximum Gasteiger partial charge on any atom is 0.253 e. The minimum atomic E-state index is -0.704. The first-order valence-corrected chi connectivity index (χ1v) is 9.22. The standard InChI is InChI=1S/C17H29N3O5S/c1-3-12(11-21)16(24)13(25-2)5-4-8-18-17(26)19-9-10-20-14(22)6-7-15(20)23/h6-7,12-13,16,21,24H,3-5,8-11H2,1-2H3,(H2,18,19,26). The summed E-state index contributed by atoms with van der Waals surface area (Å²) < 4.78 is 5.33. The van der Waals surface area contributed by atoms with Crippen molar-refractivity contribution in [1.29, 1.82) is 0 Å². The van der Waals surface area contributed by atoms with Gasteiger partial charge in [-0.1, -0.05) is 6.92 Å². The molecule has 3 atom stereocenters. The molecule has 0 fully saturated rings. The third-order valence-corrected chi connectivity index (χ3v) is 4.69. The number of carbonyl (C=O) groups is 2. The van der Waals surface area contributed by atoms with Crippen molar-refractivity contribution in [3.05, 3.63) is 12.2 Å². The number of methoxy groups -OCH3 is 1. The van der Waals surface area contributed by atoms with Crippen molar-refractivity contribution < 1.29 is 24.5 Å². The van der Waals surface area contributed by atoms with Gasteiger partial charge in [-0.2, -0.15) is 0 Å². The molecular weight excluding hydrogens is 358 g/mol. The summed E-state index contributed by atoms with van der Waals surface area (Å²) in [5.41, 5.74) is 0. The lowest BCUT2D eigenvalue weighted by Gasteiger charge is -2.27. The summed E-state index contributed by atoms with van der Waals surface area (Å²) in [6.45, 7) is 3.07. The minimum Gasteiger partial charge on any atom is -0.396 e. The van der Waals surface area contributed by atoms with Crippen LogP contribution in [0, 0.1) is 5.92 Å². The largest absolute Gasteiger partial charge is 0.396 e. The zero-order valence-corrected chi connectivity index (χ0v) is 16.1. The van der Waals surface area contributed by atoms with E-state index < -0.39 is 6.10 Å². The Kier molecular flexibility index (Phi) is 10.3. The first-order valence-electron chi connectivity index (χ1n) is 8.81. The summed E-state index contributed by atoms with van der Waals surface area (Å²) in [6.07, 6.45) is 3.50. The van der Waals surface area contributed by atoms with Crippen molar-refractivity contribution in [3.8, 4) is 0 Å². The molecule has 0 aromatic heterocycles. The molecule has 0 radical (unpaired) electrons. The average molecular weight is 388 g/mol. The predicted octanol–water partition coefficient (Wildman–Crippen LogP) is -0.450. The maximum absolute atomic E-state index is 11.4. The topological polar surface area (TPSA) is 111 Å². The fourth-order valence-electron chi connectivity index (χ4n) is 2.71. The van der Waals surface area contributed by atoms with Crippen molar-refractivity contribution in [2.45, 2.75) is 38.4 Å². The summed E-state index contributed by atoms with van der Waals surface area (Å²) in [6, 6.07) is 0. The molecule has 1 aliphatic heterocycles. The molecule has 26 heavy (non-hydrogen) atoms. The number of aliphatic hydroxyl groups is 2. The minimum absolute atomic E-state index is 0.0681. The van der Waals surface area contributed by atoms with E-state index in [0.717, 1.165) is 11.3 Å². The number of carbonyl (C=O) groups excluding carboxylic acids is 2. The third-order valence-electron chi connectivity index (χ3n) is 4.40. The van der Waals surface area contributed by atoms with E-state index in [-0.39, 0.29) is 37.0 Å². The van der Waals surface area contributed by atoms with Crippen molar-refractivity contribution in [2.24, 2.45) is 5.92 Å². The predicted molar refractivity (Wildman–Crippen MR) is 101 cm³/mol. The van der Waals surface area contributed by atoms with Crippen LogP contribution >= 0.6 is 12.2 Å². The first-order chi connectivity index (χ1) is 12.4. The molecule has 1 heterocycles.